The van der Waals surface area contributed by atoms with Crippen LogP contribution in [0.4, 0.5) is 11.4 Å². The maximum absolute atomic E-state index is 9.52. The zero-order valence-electron chi connectivity index (χ0n) is 11.7. The van der Waals surface area contributed by atoms with Gasteiger partial charge in [0, 0.05) is 18.3 Å². The van der Waals surface area contributed by atoms with E-state index in [9.17, 15) is 5.11 Å². The molecule has 3 heteroatoms. The smallest absolute Gasteiger partial charge is 0.138 e. The van der Waals surface area contributed by atoms with Crippen LogP contribution in [0.15, 0.2) is 42.5 Å². The first kappa shape index (κ1) is 12.9. The number of aryl methyl sites for hydroxylation is 1. The Hall–Kier alpha value is -2.16. The Balaban J connectivity index is 1.91. The van der Waals surface area contributed by atoms with Crippen LogP contribution in [0.5, 0.6) is 5.75 Å². The van der Waals surface area contributed by atoms with Gasteiger partial charge in [-0.2, -0.15) is 0 Å². The second-order valence-corrected chi connectivity index (χ2v) is 5.54. The molecule has 1 atom stereocenters. The number of aromatic hydroxyl groups is 1. The van der Waals surface area contributed by atoms with Crippen LogP contribution in [0.25, 0.3) is 0 Å². The lowest BCUT2D eigenvalue weighted by Gasteiger charge is -2.37. The van der Waals surface area contributed by atoms with Crippen molar-refractivity contribution >= 4 is 11.4 Å². The van der Waals surface area contributed by atoms with Gasteiger partial charge in [-0.3, -0.25) is 0 Å². The molecule has 0 radical (unpaired) electrons. The van der Waals surface area contributed by atoms with Crippen LogP contribution in [0.1, 0.15) is 24.5 Å². The molecule has 0 saturated carbocycles. The molecule has 0 spiro atoms. The molecule has 0 aromatic heterocycles. The summed E-state index contributed by atoms with van der Waals surface area (Å²) in [4.78, 5) is 2.42. The van der Waals surface area contributed by atoms with Crippen molar-refractivity contribution < 1.29 is 5.11 Å². The van der Waals surface area contributed by atoms with Crippen LogP contribution >= 0.6 is 0 Å². The summed E-state index contributed by atoms with van der Waals surface area (Å²) < 4.78 is 0. The van der Waals surface area contributed by atoms with E-state index < -0.39 is 0 Å². The van der Waals surface area contributed by atoms with Crippen LogP contribution in [0, 0.1) is 0 Å². The second kappa shape index (κ2) is 5.08. The number of nitrogens with two attached hydrogens (primary N) is 1. The van der Waals surface area contributed by atoms with Gasteiger partial charge in [-0.1, -0.05) is 24.3 Å². The number of hydrogen-bond acceptors (Lipinski definition) is 3. The average Bonchev–Trinajstić information content (AvgIpc) is 2.46. The van der Waals surface area contributed by atoms with Gasteiger partial charge in [-0.05, 0) is 49.1 Å². The number of nitrogens with zero attached hydrogens (tertiary/aromatic N) is 1. The SMILES string of the molecule is CC1CCc2ccccc2N1Cc1ccc(O)c(N)c1. The molecule has 2 aromatic rings. The maximum Gasteiger partial charge on any atom is 0.138 e. The highest BCUT2D eigenvalue weighted by Crippen LogP contribution is 2.32. The van der Waals surface area contributed by atoms with Crippen molar-refractivity contribution in [2.45, 2.75) is 32.4 Å². The predicted octanol–water partition coefficient (Wildman–Crippen LogP) is 3.32. The highest BCUT2D eigenvalue weighted by Gasteiger charge is 2.22. The van der Waals surface area contributed by atoms with Crippen molar-refractivity contribution in [2.75, 3.05) is 10.6 Å². The zero-order valence-corrected chi connectivity index (χ0v) is 11.7. The fourth-order valence-corrected chi connectivity index (χ4v) is 2.90. The van der Waals surface area contributed by atoms with E-state index in [0.29, 0.717) is 11.7 Å². The number of benzene rings is 2. The minimum atomic E-state index is 0.154. The number of rotatable bonds is 2. The Morgan fingerprint density at radius 3 is 2.85 bits per heavy atom. The average molecular weight is 268 g/mol. The molecule has 104 valence electrons. The fraction of sp³-hybridized carbons (Fsp3) is 0.294. The summed E-state index contributed by atoms with van der Waals surface area (Å²) >= 11 is 0. The number of anilines is 2. The number of phenols is 1. The van der Waals surface area contributed by atoms with Crippen LogP contribution in [0.2, 0.25) is 0 Å². The second-order valence-electron chi connectivity index (χ2n) is 5.54. The monoisotopic (exact) mass is 268 g/mol. The topological polar surface area (TPSA) is 49.5 Å². The van der Waals surface area contributed by atoms with E-state index in [2.05, 4.69) is 36.1 Å². The molecule has 2 aromatic carbocycles. The number of hydrogen-bond donors (Lipinski definition) is 2. The van der Waals surface area contributed by atoms with Gasteiger partial charge in [0.05, 0.1) is 5.69 Å². The summed E-state index contributed by atoms with van der Waals surface area (Å²) in [6, 6.07) is 14.6. The Bertz CT molecular complexity index is 624. The van der Waals surface area contributed by atoms with Gasteiger partial charge >= 0.3 is 0 Å². The molecule has 0 saturated heterocycles. The van der Waals surface area contributed by atoms with Gasteiger partial charge in [0.1, 0.15) is 5.75 Å². The van der Waals surface area contributed by atoms with Gasteiger partial charge < -0.3 is 15.7 Å². The number of phenolic OH excluding ortho intramolecular Hbond substituents is 1. The molecule has 0 bridgehead atoms. The minimum Gasteiger partial charge on any atom is -0.506 e. The third-order valence-corrected chi connectivity index (χ3v) is 4.11. The van der Waals surface area contributed by atoms with Crippen molar-refractivity contribution in [3.8, 4) is 5.75 Å². The Labute approximate surface area is 119 Å². The molecule has 0 fully saturated rings. The summed E-state index contributed by atoms with van der Waals surface area (Å²) in [6.45, 7) is 3.09. The summed E-state index contributed by atoms with van der Waals surface area (Å²) in [5.41, 5.74) is 10.1. The predicted molar refractivity (Wildman–Crippen MR) is 82.9 cm³/mol. The van der Waals surface area contributed by atoms with Gasteiger partial charge in [0.2, 0.25) is 0 Å². The summed E-state index contributed by atoms with van der Waals surface area (Å²) in [5.74, 6) is 0.154. The number of fused-ring (bicyclic) bond motifs is 1. The van der Waals surface area contributed by atoms with E-state index in [1.54, 1.807) is 6.07 Å². The first-order valence-electron chi connectivity index (χ1n) is 7.07. The van der Waals surface area contributed by atoms with E-state index in [1.807, 2.05) is 12.1 Å². The number of nitrogen functional groups attached to an aromatic ring is 1. The van der Waals surface area contributed by atoms with Gasteiger partial charge in [0.15, 0.2) is 0 Å². The molecule has 0 amide bonds. The molecular weight excluding hydrogens is 248 g/mol. The quantitative estimate of drug-likeness (QED) is 0.649. The molecule has 20 heavy (non-hydrogen) atoms. The normalized spacial score (nSPS) is 17.9. The molecular formula is C17H20N2O. The highest BCUT2D eigenvalue weighted by molar-refractivity contribution is 5.58. The van der Waals surface area contributed by atoms with Crippen LogP contribution in [-0.4, -0.2) is 11.1 Å². The maximum atomic E-state index is 9.52. The molecule has 1 aliphatic heterocycles. The fourth-order valence-electron chi connectivity index (χ4n) is 2.90. The molecule has 3 rings (SSSR count). The Morgan fingerprint density at radius 2 is 2.05 bits per heavy atom. The van der Waals surface area contributed by atoms with Crippen LogP contribution in [-0.2, 0) is 13.0 Å². The first-order valence-corrected chi connectivity index (χ1v) is 7.07. The van der Waals surface area contributed by atoms with Crippen molar-refractivity contribution in [1.82, 2.24) is 0 Å². The summed E-state index contributed by atoms with van der Waals surface area (Å²) in [6.07, 6.45) is 2.32. The highest BCUT2D eigenvalue weighted by atomic mass is 16.3. The van der Waals surface area contributed by atoms with Gasteiger partial charge in [-0.25, -0.2) is 0 Å². The Morgan fingerprint density at radius 1 is 1.25 bits per heavy atom. The van der Waals surface area contributed by atoms with Gasteiger partial charge in [-0.15, -0.1) is 0 Å². The lowest BCUT2D eigenvalue weighted by molar-refractivity contribution is 0.477. The third kappa shape index (κ3) is 2.31. The van der Waals surface area contributed by atoms with Crippen LogP contribution < -0.4 is 10.6 Å². The Kier molecular flexibility index (Phi) is 3.26. The standard InChI is InChI=1S/C17H20N2O/c1-12-6-8-14-4-2-3-5-16(14)19(12)11-13-7-9-17(20)15(18)10-13/h2-5,7,9-10,12,20H,6,8,11,18H2,1H3. The lowest BCUT2D eigenvalue weighted by atomic mass is 9.96. The van der Waals surface area contributed by atoms with E-state index in [4.69, 9.17) is 5.73 Å². The first-order chi connectivity index (χ1) is 9.65. The van der Waals surface area contributed by atoms with E-state index in [0.717, 1.165) is 18.5 Å². The van der Waals surface area contributed by atoms with E-state index in [1.165, 1.54) is 17.7 Å². The van der Waals surface area contributed by atoms with Gasteiger partial charge in [0.25, 0.3) is 0 Å². The molecule has 3 nitrogen and oxygen atoms in total. The van der Waals surface area contributed by atoms with E-state index in [-0.39, 0.29) is 5.75 Å². The molecule has 1 heterocycles. The zero-order chi connectivity index (χ0) is 14.1. The molecule has 1 aliphatic rings. The summed E-state index contributed by atoms with van der Waals surface area (Å²) in [5, 5.41) is 9.52. The lowest BCUT2D eigenvalue weighted by Crippen LogP contribution is -2.36. The van der Waals surface area contributed by atoms with Crippen molar-refractivity contribution in [1.29, 1.82) is 0 Å². The third-order valence-electron chi connectivity index (χ3n) is 4.11. The minimum absolute atomic E-state index is 0.154. The van der Waals surface area contributed by atoms with Crippen LogP contribution in [0.3, 0.4) is 0 Å². The summed E-state index contributed by atoms with van der Waals surface area (Å²) in [7, 11) is 0. The van der Waals surface area contributed by atoms with E-state index >= 15 is 0 Å². The number of para-hydroxylation sites is 1. The molecule has 0 aliphatic carbocycles. The van der Waals surface area contributed by atoms with Crippen molar-refractivity contribution in [2.24, 2.45) is 0 Å². The molecule has 3 N–H and O–H groups in total. The molecule has 1 unspecified atom stereocenters. The van der Waals surface area contributed by atoms with Crippen molar-refractivity contribution in [3.05, 3.63) is 53.6 Å². The van der Waals surface area contributed by atoms with Crippen molar-refractivity contribution in [3.63, 3.8) is 0 Å². The largest absolute Gasteiger partial charge is 0.506 e.